The second kappa shape index (κ2) is 6.48. The summed E-state index contributed by atoms with van der Waals surface area (Å²) in [6.45, 7) is 0. The summed E-state index contributed by atoms with van der Waals surface area (Å²) in [4.78, 5) is 24.1. The van der Waals surface area contributed by atoms with Gasteiger partial charge in [-0.05, 0) is 30.3 Å². The smallest absolute Gasteiger partial charge is 0.405 e. The van der Waals surface area contributed by atoms with E-state index in [2.05, 4.69) is 10.6 Å². The summed E-state index contributed by atoms with van der Waals surface area (Å²) in [5, 5.41) is 12.8. The Hall–Kier alpha value is -2.61. The number of benzene rings is 2. The Kier molecular flexibility index (Phi) is 4.39. The van der Waals surface area contributed by atoms with Crippen molar-refractivity contribution < 1.29 is 23.5 Å². The number of carbonyl (C=O) groups is 2. The first-order chi connectivity index (χ1) is 11.5. The average molecular weight is 350 g/mol. The van der Waals surface area contributed by atoms with Gasteiger partial charge in [0.15, 0.2) is 0 Å². The van der Waals surface area contributed by atoms with Crippen molar-refractivity contribution in [3.8, 4) is 0 Å². The molecule has 0 fully saturated rings. The van der Waals surface area contributed by atoms with E-state index >= 15 is 0 Å². The number of carboxylic acid groups (broad SMARTS) is 1. The Morgan fingerprint density at radius 3 is 2.71 bits per heavy atom. The molecule has 5 nitrogen and oxygen atoms in total. The third-order valence-electron chi connectivity index (χ3n) is 3.53. The molecular formula is C16H12F2N2O3S. The standard InChI is InChI=1S/C16H12F2N2O3S/c17-8-5-6-10(18)9(7-8)14-13(20-16(22)23)15(21)19-11-3-1-2-4-12(11)24-14/h1-7,13-14,20H,(H,19,21)(H,22,23)/t13?,14-/m0/s1. The number of carbonyl (C=O) groups excluding carboxylic acids is 1. The van der Waals surface area contributed by atoms with E-state index in [0.29, 0.717) is 10.6 Å². The molecule has 2 aromatic carbocycles. The minimum Gasteiger partial charge on any atom is -0.465 e. The second-order valence-electron chi connectivity index (χ2n) is 5.12. The number of thioether (sulfide) groups is 1. The fourth-order valence-electron chi connectivity index (χ4n) is 2.48. The number of anilines is 1. The maximum Gasteiger partial charge on any atom is 0.405 e. The highest BCUT2D eigenvalue weighted by Crippen LogP contribution is 2.44. The van der Waals surface area contributed by atoms with Gasteiger partial charge in [0, 0.05) is 10.5 Å². The van der Waals surface area contributed by atoms with E-state index in [4.69, 9.17) is 5.11 Å². The lowest BCUT2D eigenvalue weighted by atomic mass is 10.0. The average Bonchev–Trinajstić information content (AvgIpc) is 2.67. The molecule has 0 aromatic heterocycles. The summed E-state index contributed by atoms with van der Waals surface area (Å²) in [6.07, 6.45) is -1.43. The molecule has 0 saturated carbocycles. The lowest BCUT2D eigenvalue weighted by Crippen LogP contribution is -2.45. The van der Waals surface area contributed by atoms with Gasteiger partial charge in [0.1, 0.15) is 17.7 Å². The Morgan fingerprint density at radius 2 is 1.96 bits per heavy atom. The predicted molar refractivity (Wildman–Crippen MR) is 85.0 cm³/mol. The minimum absolute atomic E-state index is 0.0781. The fourth-order valence-corrected chi connectivity index (χ4v) is 3.79. The van der Waals surface area contributed by atoms with Gasteiger partial charge in [-0.15, -0.1) is 11.8 Å². The van der Waals surface area contributed by atoms with Crippen LogP contribution in [0.4, 0.5) is 19.3 Å². The van der Waals surface area contributed by atoms with Gasteiger partial charge >= 0.3 is 6.09 Å². The van der Waals surface area contributed by atoms with Crippen molar-refractivity contribution in [3.63, 3.8) is 0 Å². The van der Waals surface area contributed by atoms with E-state index in [1.807, 2.05) is 0 Å². The van der Waals surface area contributed by atoms with Gasteiger partial charge in [0.25, 0.3) is 0 Å². The van der Waals surface area contributed by atoms with Crippen molar-refractivity contribution in [1.29, 1.82) is 0 Å². The fraction of sp³-hybridized carbons (Fsp3) is 0.125. The molecule has 1 unspecified atom stereocenters. The molecule has 3 rings (SSSR count). The van der Waals surface area contributed by atoms with E-state index in [-0.39, 0.29) is 5.56 Å². The van der Waals surface area contributed by atoms with Gasteiger partial charge in [0.05, 0.1) is 10.9 Å². The molecule has 24 heavy (non-hydrogen) atoms. The molecule has 124 valence electrons. The largest absolute Gasteiger partial charge is 0.465 e. The van der Waals surface area contributed by atoms with Crippen molar-refractivity contribution in [2.24, 2.45) is 0 Å². The summed E-state index contributed by atoms with van der Waals surface area (Å²) in [5.41, 5.74) is 0.412. The van der Waals surface area contributed by atoms with Crippen LogP contribution in [-0.4, -0.2) is 23.1 Å². The molecule has 0 saturated heterocycles. The van der Waals surface area contributed by atoms with Crippen LogP contribution in [-0.2, 0) is 4.79 Å². The SMILES string of the molecule is O=C(O)NC1C(=O)Nc2ccccc2S[C@H]1c1cc(F)ccc1F. The van der Waals surface area contributed by atoms with Crippen molar-refractivity contribution in [2.75, 3.05) is 5.32 Å². The van der Waals surface area contributed by atoms with Gasteiger partial charge in [0.2, 0.25) is 5.91 Å². The number of amides is 2. The zero-order chi connectivity index (χ0) is 17.3. The van der Waals surface area contributed by atoms with E-state index in [1.165, 1.54) is 0 Å². The lowest BCUT2D eigenvalue weighted by Gasteiger charge is -2.23. The first-order valence-corrected chi connectivity index (χ1v) is 7.84. The van der Waals surface area contributed by atoms with Crippen molar-refractivity contribution in [2.45, 2.75) is 16.2 Å². The van der Waals surface area contributed by atoms with Crippen LogP contribution >= 0.6 is 11.8 Å². The molecule has 1 heterocycles. The third kappa shape index (κ3) is 3.18. The van der Waals surface area contributed by atoms with E-state index < -0.39 is 34.9 Å². The number of rotatable bonds is 2. The number of nitrogens with one attached hydrogen (secondary N) is 2. The van der Waals surface area contributed by atoms with Gasteiger partial charge in [-0.3, -0.25) is 4.79 Å². The summed E-state index contributed by atoms with van der Waals surface area (Å²) in [7, 11) is 0. The van der Waals surface area contributed by atoms with Gasteiger partial charge in [-0.1, -0.05) is 12.1 Å². The number of halogens is 2. The summed E-state index contributed by atoms with van der Waals surface area (Å²) >= 11 is 1.09. The summed E-state index contributed by atoms with van der Waals surface area (Å²) in [6, 6.07) is 8.44. The zero-order valence-corrected chi connectivity index (χ0v) is 12.9. The molecule has 0 aliphatic carbocycles. The van der Waals surface area contributed by atoms with Crippen molar-refractivity contribution >= 4 is 29.4 Å². The molecule has 1 aliphatic rings. The van der Waals surface area contributed by atoms with Crippen LogP contribution in [0, 0.1) is 11.6 Å². The molecule has 8 heteroatoms. The quantitative estimate of drug-likeness (QED) is 0.776. The lowest BCUT2D eigenvalue weighted by molar-refractivity contribution is -0.118. The number of hydrogen-bond donors (Lipinski definition) is 3. The first kappa shape index (κ1) is 16.3. The monoisotopic (exact) mass is 350 g/mol. The highest BCUT2D eigenvalue weighted by molar-refractivity contribution is 7.99. The Bertz CT molecular complexity index is 816. The molecule has 3 N–H and O–H groups in total. The van der Waals surface area contributed by atoms with Crippen LogP contribution < -0.4 is 10.6 Å². The van der Waals surface area contributed by atoms with E-state index in [0.717, 1.165) is 30.0 Å². The summed E-state index contributed by atoms with van der Waals surface area (Å²) in [5.74, 6) is -2.01. The molecule has 2 amide bonds. The molecule has 2 atom stereocenters. The highest BCUT2D eigenvalue weighted by atomic mass is 32.2. The molecule has 0 bridgehead atoms. The maximum atomic E-state index is 14.2. The van der Waals surface area contributed by atoms with Gasteiger partial charge in [-0.25, -0.2) is 13.6 Å². The zero-order valence-electron chi connectivity index (χ0n) is 12.1. The van der Waals surface area contributed by atoms with Crippen LogP contribution in [0.1, 0.15) is 10.8 Å². The second-order valence-corrected chi connectivity index (χ2v) is 6.30. The Morgan fingerprint density at radius 1 is 1.21 bits per heavy atom. The van der Waals surface area contributed by atoms with Crippen LogP contribution in [0.15, 0.2) is 47.4 Å². The summed E-state index contributed by atoms with van der Waals surface area (Å²) < 4.78 is 27.8. The Balaban J connectivity index is 2.11. The maximum absolute atomic E-state index is 14.2. The third-order valence-corrected chi connectivity index (χ3v) is 4.92. The topological polar surface area (TPSA) is 78.4 Å². The van der Waals surface area contributed by atoms with Crippen molar-refractivity contribution in [3.05, 3.63) is 59.7 Å². The molecule has 2 aromatic rings. The van der Waals surface area contributed by atoms with Crippen LogP contribution in [0.2, 0.25) is 0 Å². The van der Waals surface area contributed by atoms with Crippen LogP contribution in [0.3, 0.4) is 0 Å². The number of para-hydroxylation sites is 1. The van der Waals surface area contributed by atoms with Crippen LogP contribution in [0.5, 0.6) is 0 Å². The number of fused-ring (bicyclic) bond motifs is 1. The minimum atomic E-state index is -1.43. The molecule has 0 spiro atoms. The van der Waals surface area contributed by atoms with Gasteiger partial charge in [-0.2, -0.15) is 0 Å². The van der Waals surface area contributed by atoms with E-state index in [9.17, 15) is 18.4 Å². The molecule has 1 aliphatic heterocycles. The highest BCUT2D eigenvalue weighted by Gasteiger charge is 2.37. The molecular weight excluding hydrogens is 338 g/mol. The van der Waals surface area contributed by atoms with E-state index in [1.54, 1.807) is 24.3 Å². The van der Waals surface area contributed by atoms with Gasteiger partial charge < -0.3 is 15.7 Å². The Labute approximate surface area is 140 Å². The predicted octanol–water partition coefficient (Wildman–Crippen LogP) is 3.39. The number of hydrogen-bond acceptors (Lipinski definition) is 3. The first-order valence-electron chi connectivity index (χ1n) is 6.96. The molecule has 0 radical (unpaired) electrons. The van der Waals surface area contributed by atoms with Crippen molar-refractivity contribution in [1.82, 2.24) is 5.32 Å². The van der Waals surface area contributed by atoms with Crippen LogP contribution in [0.25, 0.3) is 0 Å². The normalized spacial score (nSPS) is 19.8.